The summed E-state index contributed by atoms with van der Waals surface area (Å²) in [7, 11) is 0. The van der Waals surface area contributed by atoms with Crippen LogP contribution in [0.15, 0.2) is 0 Å². The van der Waals surface area contributed by atoms with E-state index in [0.29, 0.717) is 0 Å². The van der Waals surface area contributed by atoms with Gasteiger partial charge in [-0.05, 0) is 0 Å². The molecule has 0 aliphatic carbocycles. The molecule has 0 aromatic rings. The van der Waals surface area contributed by atoms with Gasteiger partial charge in [-0.3, -0.25) is 0 Å². The Hall–Kier alpha value is 0.157. The van der Waals surface area contributed by atoms with Crippen LogP contribution in [0.2, 0.25) is 5.09 Å². The average molecular weight is 60.0 g/mol. The van der Waals surface area contributed by atoms with Gasteiger partial charge in [0.25, 0.3) is 0 Å². The second kappa shape index (κ2) is 4.16. The molecule has 1 heteroatoms. The molecular weight excluding hydrogens is 55.0 g/mol. The molecule has 0 fully saturated rings. The molecule has 0 radical (unpaired) electrons. The fraction of sp³-hybridized carbons (Fsp3) is 0.500. The molecule has 0 saturated carbocycles. The summed E-state index contributed by atoms with van der Waals surface area (Å²) >= 11 is 2.04. The average Bonchev–Trinajstić information content (AvgIpc) is 1.41. The minimum absolute atomic E-state index is 0.983. The third-order valence-electron chi connectivity index (χ3n) is 0.354. The van der Waals surface area contributed by atoms with Crippen LogP contribution in [0.5, 0.6) is 0 Å². The summed E-state index contributed by atoms with van der Waals surface area (Å²) in [5.74, 6) is 5.63. The van der Waals surface area contributed by atoms with E-state index in [9.17, 15) is 0 Å². The van der Waals surface area contributed by atoms with Crippen molar-refractivity contribution in [2.75, 3.05) is 0 Å². The zero-order valence-corrected chi connectivity index (χ0v) is 3.71. The summed E-state index contributed by atoms with van der Waals surface area (Å²) in [5.41, 5.74) is 0. The fourth-order valence-corrected chi connectivity index (χ4v) is 0.177. The van der Waals surface area contributed by atoms with Crippen molar-refractivity contribution >= 4 is 17.7 Å². The van der Waals surface area contributed by atoms with Gasteiger partial charge in [0.1, 0.15) is 0 Å². The molecule has 0 aliphatic heterocycles. The predicted molar refractivity (Wildman–Crippen MR) is 24.0 cm³/mol. The van der Waals surface area contributed by atoms with E-state index in [-0.39, 0.29) is 0 Å². The van der Waals surface area contributed by atoms with Gasteiger partial charge in [-0.15, -0.1) is 0 Å². The van der Waals surface area contributed by atoms with Crippen LogP contribution in [0.3, 0.4) is 0 Å². The van der Waals surface area contributed by atoms with Crippen molar-refractivity contribution in [1.82, 2.24) is 0 Å². The summed E-state index contributed by atoms with van der Waals surface area (Å²) < 4.78 is 0. The molecule has 0 heterocycles. The van der Waals surface area contributed by atoms with Crippen LogP contribution in [-0.4, -0.2) is 17.7 Å². The first-order valence-corrected chi connectivity index (χ1v) is 1.81. The molecule has 0 atom stereocenters. The number of hydrogen-bond donors (Lipinski definition) is 0. The van der Waals surface area contributed by atoms with Crippen molar-refractivity contribution in [1.29, 1.82) is 0 Å². The monoisotopic (exact) mass is 60.1 g/mol. The Bertz CT molecular complexity index is 55.8. The Kier molecular flexibility index (Phi) is 4.29. The zero-order chi connectivity index (χ0) is 4.12. The van der Waals surface area contributed by atoms with E-state index in [2.05, 4.69) is 11.8 Å². The third-order valence-corrected chi connectivity index (χ3v) is 0.354. The molecule has 0 amide bonds. The van der Waals surface area contributed by atoms with Gasteiger partial charge >= 0.3 is 41.6 Å². The van der Waals surface area contributed by atoms with Crippen LogP contribution in [-0.2, 0) is 0 Å². The van der Waals surface area contributed by atoms with Gasteiger partial charge in [-0.2, -0.15) is 0 Å². The van der Waals surface area contributed by atoms with Crippen molar-refractivity contribution < 1.29 is 0 Å². The van der Waals surface area contributed by atoms with Gasteiger partial charge in [0.05, 0.1) is 0 Å². The Morgan fingerprint density at radius 2 is 2.40 bits per heavy atom. The maximum absolute atomic E-state index is 2.86. The first-order valence-electron chi connectivity index (χ1n) is 1.81. The fourth-order valence-electron chi connectivity index (χ4n) is 0.177. The normalized spacial score (nSPS) is 5.40. The van der Waals surface area contributed by atoms with E-state index < -0.39 is 0 Å². The van der Waals surface area contributed by atoms with E-state index >= 15 is 0 Å². The predicted octanol–water partition coefficient (Wildman–Crippen LogP) is 0.597. The number of hydrogen-bond acceptors (Lipinski definition) is 0. The SMILES string of the molecule is [Li][CH2]C#CC. The minimum atomic E-state index is 0.983. The molecule has 22 valence electrons. The molecule has 0 bridgehead atoms. The second-order valence-corrected chi connectivity index (χ2v) is 0.780. The first-order chi connectivity index (χ1) is 2.41. The van der Waals surface area contributed by atoms with Crippen molar-refractivity contribution in [3.63, 3.8) is 0 Å². The van der Waals surface area contributed by atoms with Crippen molar-refractivity contribution in [3.8, 4) is 11.8 Å². The van der Waals surface area contributed by atoms with E-state index in [1.165, 1.54) is 0 Å². The summed E-state index contributed by atoms with van der Waals surface area (Å²) in [5, 5.41) is 0.983. The summed E-state index contributed by atoms with van der Waals surface area (Å²) in [6, 6.07) is 0. The van der Waals surface area contributed by atoms with Gasteiger partial charge in [-0.1, -0.05) is 0 Å². The van der Waals surface area contributed by atoms with Gasteiger partial charge in [0.15, 0.2) is 0 Å². The van der Waals surface area contributed by atoms with Crippen LogP contribution in [0.4, 0.5) is 0 Å². The molecule has 0 aliphatic rings. The van der Waals surface area contributed by atoms with E-state index in [1.807, 2.05) is 24.6 Å². The Labute approximate surface area is 42.2 Å². The van der Waals surface area contributed by atoms with Crippen LogP contribution >= 0.6 is 0 Å². The van der Waals surface area contributed by atoms with Crippen molar-refractivity contribution in [3.05, 3.63) is 0 Å². The molecule has 0 N–H and O–H groups in total. The summed E-state index contributed by atoms with van der Waals surface area (Å²) in [6.45, 7) is 1.85. The first kappa shape index (κ1) is 5.16. The summed E-state index contributed by atoms with van der Waals surface area (Å²) in [6.07, 6.45) is 0. The second-order valence-electron chi connectivity index (χ2n) is 0.780. The molecule has 0 aromatic carbocycles. The maximum atomic E-state index is 2.86. The Morgan fingerprint density at radius 3 is 2.40 bits per heavy atom. The van der Waals surface area contributed by atoms with Gasteiger partial charge in [0, 0.05) is 0 Å². The summed E-state index contributed by atoms with van der Waals surface area (Å²) in [4.78, 5) is 0. The van der Waals surface area contributed by atoms with Crippen molar-refractivity contribution in [2.45, 2.75) is 12.0 Å². The van der Waals surface area contributed by atoms with Gasteiger partial charge in [0.2, 0.25) is 0 Å². The molecule has 0 nitrogen and oxygen atoms in total. The standard InChI is InChI=1S/C4H5.Li/c1-3-4-2;/h1H2,2H3;. The molecule has 0 saturated heterocycles. The van der Waals surface area contributed by atoms with Gasteiger partial charge < -0.3 is 0 Å². The van der Waals surface area contributed by atoms with Crippen molar-refractivity contribution in [2.24, 2.45) is 0 Å². The van der Waals surface area contributed by atoms with Crippen LogP contribution in [0.25, 0.3) is 0 Å². The molecule has 5 heavy (non-hydrogen) atoms. The van der Waals surface area contributed by atoms with E-state index in [4.69, 9.17) is 0 Å². The number of rotatable bonds is 0. The Morgan fingerprint density at radius 1 is 1.80 bits per heavy atom. The molecule has 0 aromatic heterocycles. The van der Waals surface area contributed by atoms with Crippen LogP contribution in [0, 0.1) is 11.8 Å². The molecular formula is C4H5Li. The van der Waals surface area contributed by atoms with E-state index in [0.717, 1.165) is 5.09 Å². The van der Waals surface area contributed by atoms with Crippen LogP contribution < -0.4 is 0 Å². The topological polar surface area (TPSA) is 0 Å². The molecule has 0 spiro atoms. The Balaban J connectivity index is 2.81. The zero-order valence-electron chi connectivity index (χ0n) is 3.71. The molecule has 0 rings (SSSR count). The quantitative estimate of drug-likeness (QED) is 0.283. The van der Waals surface area contributed by atoms with Crippen LogP contribution in [0.1, 0.15) is 6.92 Å². The van der Waals surface area contributed by atoms with E-state index in [1.54, 1.807) is 0 Å². The van der Waals surface area contributed by atoms with Gasteiger partial charge in [-0.25, -0.2) is 0 Å². The third kappa shape index (κ3) is 4.16. The molecule has 0 unspecified atom stereocenters.